The van der Waals surface area contributed by atoms with E-state index < -0.39 is 5.41 Å². The van der Waals surface area contributed by atoms with Crippen molar-refractivity contribution in [3.05, 3.63) is 30.3 Å². The molecule has 1 rings (SSSR count). The molecular formula is C12H14O2S. The Morgan fingerprint density at radius 3 is 2.47 bits per heavy atom. The molecule has 1 aromatic carbocycles. The molecule has 0 aliphatic rings. The molecule has 1 aromatic rings. The summed E-state index contributed by atoms with van der Waals surface area (Å²) in [6.07, 6.45) is 1.10. The van der Waals surface area contributed by atoms with Gasteiger partial charge in [-0.05, 0) is 12.1 Å². The maximum Gasteiger partial charge on any atom is 0.194 e. The molecule has 0 spiro atoms. The van der Waals surface area contributed by atoms with E-state index >= 15 is 0 Å². The molecule has 0 unspecified atom stereocenters. The predicted octanol–water partition coefficient (Wildman–Crippen LogP) is 2.92. The number of hydrogen-bond acceptors (Lipinski definition) is 3. The molecule has 0 aliphatic heterocycles. The second-order valence-corrected chi connectivity index (χ2v) is 5.20. The summed E-state index contributed by atoms with van der Waals surface area (Å²) in [6, 6.07) is 9.46. The lowest BCUT2D eigenvalue weighted by Crippen LogP contribution is -2.16. The second kappa shape index (κ2) is 5.12. The molecule has 0 amide bonds. The molecule has 0 fully saturated rings. The number of benzene rings is 1. The van der Waals surface area contributed by atoms with E-state index in [-0.39, 0.29) is 11.5 Å². The molecule has 0 saturated carbocycles. The van der Waals surface area contributed by atoms with E-state index in [0.29, 0.717) is 0 Å². The summed E-state index contributed by atoms with van der Waals surface area (Å²) in [5.41, 5.74) is -0.557. The smallest absolute Gasteiger partial charge is 0.194 e. The van der Waals surface area contributed by atoms with Crippen LogP contribution in [0, 0.1) is 5.41 Å². The Balaban J connectivity index is 2.54. The average molecular weight is 222 g/mol. The van der Waals surface area contributed by atoms with Crippen LogP contribution in [0.2, 0.25) is 0 Å². The second-order valence-electron chi connectivity index (χ2n) is 4.07. The molecule has 3 heteroatoms. The first-order chi connectivity index (χ1) is 7.03. The minimum absolute atomic E-state index is 0.0262. The van der Waals surface area contributed by atoms with Crippen molar-refractivity contribution in [3.63, 3.8) is 0 Å². The van der Waals surface area contributed by atoms with Crippen LogP contribution in [-0.4, -0.2) is 11.4 Å². The Labute approximate surface area is 94.1 Å². The number of thioether (sulfide) groups is 1. The normalized spacial score (nSPS) is 11.1. The quantitative estimate of drug-likeness (QED) is 0.580. The van der Waals surface area contributed by atoms with E-state index in [1.165, 1.54) is 11.8 Å². The van der Waals surface area contributed by atoms with E-state index in [9.17, 15) is 9.59 Å². The number of carbonyl (C=O) groups excluding carboxylic acids is 2. The third-order valence-electron chi connectivity index (χ3n) is 1.89. The highest BCUT2D eigenvalue weighted by atomic mass is 32.2. The van der Waals surface area contributed by atoms with Gasteiger partial charge in [-0.25, -0.2) is 0 Å². The minimum atomic E-state index is -0.557. The van der Waals surface area contributed by atoms with Crippen LogP contribution in [0.5, 0.6) is 0 Å². The van der Waals surface area contributed by atoms with E-state index in [1.807, 2.05) is 30.3 Å². The van der Waals surface area contributed by atoms with E-state index in [1.54, 1.807) is 13.8 Å². The van der Waals surface area contributed by atoms with Crippen LogP contribution in [-0.2, 0) is 9.59 Å². The standard InChI is InChI=1S/C12H14O2S/c1-12(2,9-13)8-11(14)15-10-6-4-3-5-7-10/h3-7,9H,8H2,1-2H3. The number of aldehydes is 1. The fraction of sp³-hybridized carbons (Fsp3) is 0.333. The maximum atomic E-state index is 11.6. The SMILES string of the molecule is CC(C)(C=O)CC(=O)Sc1ccccc1. The lowest BCUT2D eigenvalue weighted by Gasteiger charge is -2.14. The van der Waals surface area contributed by atoms with Gasteiger partial charge in [0.05, 0.1) is 0 Å². The summed E-state index contributed by atoms with van der Waals surface area (Å²) in [4.78, 5) is 23.2. The minimum Gasteiger partial charge on any atom is -0.303 e. The molecule has 0 saturated heterocycles. The predicted molar refractivity (Wildman–Crippen MR) is 61.8 cm³/mol. The monoisotopic (exact) mass is 222 g/mol. The molecule has 15 heavy (non-hydrogen) atoms. The zero-order valence-corrected chi connectivity index (χ0v) is 9.71. The van der Waals surface area contributed by atoms with E-state index in [2.05, 4.69) is 0 Å². The van der Waals surface area contributed by atoms with Gasteiger partial charge >= 0.3 is 0 Å². The van der Waals surface area contributed by atoms with Gasteiger partial charge in [0.2, 0.25) is 0 Å². The van der Waals surface area contributed by atoms with Crippen molar-refractivity contribution in [3.8, 4) is 0 Å². The molecule has 0 atom stereocenters. The molecule has 0 aromatic heterocycles. The fourth-order valence-electron chi connectivity index (χ4n) is 1.07. The van der Waals surface area contributed by atoms with Gasteiger partial charge in [-0.3, -0.25) is 4.79 Å². The molecule has 80 valence electrons. The lowest BCUT2D eigenvalue weighted by atomic mass is 9.92. The zero-order chi connectivity index (χ0) is 11.3. The van der Waals surface area contributed by atoms with Gasteiger partial charge in [0.15, 0.2) is 5.12 Å². The van der Waals surface area contributed by atoms with E-state index in [0.717, 1.165) is 11.2 Å². The highest BCUT2D eigenvalue weighted by molar-refractivity contribution is 8.13. The van der Waals surface area contributed by atoms with Gasteiger partial charge in [0, 0.05) is 16.7 Å². The number of rotatable bonds is 4. The molecule has 0 heterocycles. The van der Waals surface area contributed by atoms with Crippen molar-refractivity contribution in [1.29, 1.82) is 0 Å². The first kappa shape index (κ1) is 12.0. The van der Waals surface area contributed by atoms with Gasteiger partial charge in [-0.15, -0.1) is 0 Å². The van der Waals surface area contributed by atoms with Crippen LogP contribution >= 0.6 is 11.8 Å². The van der Waals surface area contributed by atoms with Crippen LogP contribution in [0.3, 0.4) is 0 Å². The van der Waals surface area contributed by atoms with Crippen molar-refractivity contribution in [2.75, 3.05) is 0 Å². The summed E-state index contributed by atoms with van der Waals surface area (Å²) in [7, 11) is 0. The van der Waals surface area contributed by atoms with Crippen molar-refractivity contribution in [2.45, 2.75) is 25.2 Å². The van der Waals surface area contributed by atoms with Crippen molar-refractivity contribution < 1.29 is 9.59 Å². The Hall–Kier alpha value is -1.09. The van der Waals surface area contributed by atoms with Crippen LogP contribution in [0.4, 0.5) is 0 Å². The third-order valence-corrected chi connectivity index (χ3v) is 2.77. The van der Waals surface area contributed by atoms with Crippen molar-refractivity contribution >= 4 is 23.2 Å². The van der Waals surface area contributed by atoms with Gasteiger partial charge in [0.1, 0.15) is 6.29 Å². The zero-order valence-electron chi connectivity index (χ0n) is 8.90. The van der Waals surface area contributed by atoms with Crippen LogP contribution in [0.1, 0.15) is 20.3 Å². The third kappa shape index (κ3) is 4.30. The van der Waals surface area contributed by atoms with Crippen LogP contribution in [0.25, 0.3) is 0 Å². The van der Waals surface area contributed by atoms with E-state index in [4.69, 9.17) is 0 Å². The summed E-state index contributed by atoms with van der Waals surface area (Å²) in [5, 5.41) is 0.0262. The molecule has 0 bridgehead atoms. The van der Waals surface area contributed by atoms with Gasteiger partial charge in [-0.2, -0.15) is 0 Å². The fourth-order valence-corrected chi connectivity index (χ4v) is 2.07. The van der Waals surface area contributed by atoms with Crippen molar-refractivity contribution in [2.24, 2.45) is 5.41 Å². The van der Waals surface area contributed by atoms with Gasteiger partial charge in [0.25, 0.3) is 0 Å². The summed E-state index contributed by atoms with van der Waals surface area (Å²) in [5.74, 6) is 0. The highest BCUT2D eigenvalue weighted by Gasteiger charge is 2.21. The molecular weight excluding hydrogens is 208 g/mol. The molecule has 2 nitrogen and oxygen atoms in total. The summed E-state index contributed by atoms with van der Waals surface area (Å²) >= 11 is 1.19. The Morgan fingerprint density at radius 1 is 1.33 bits per heavy atom. The topological polar surface area (TPSA) is 34.1 Å². The van der Waals surface area contributed by atoms with Crippen LogP contribution < -0.4 is 0 Å². The number of carbonyl (C=O) groups is 2. The summed E-state index contributed by atoms with van der Waals surface area (Å²) in [6.45, 7) is 3.53. The lowest BCUT2D eigenvalue weighted by molar-refractivity contribution is -0.120. The molecule has 0 N–H and O–H groups in total. The Bertz CT molecular complexity index is 344. The average Bonchev–Trinajstić information content (AvgIpc) is 2.18. The first-order valence-electron chi connectivity index (χ1n) is 4.75. The van der Waals surface area contributed by atoms with Crippen LogP contribution in [0.15, 0.2) is 35.2 Å². The molecule has 0 radical (unpaired) electrons. The summed E-state index contributed by atoms with van der Waals surface area (Å²) < 4.78 is 0. The Kier molecular flexibility index (Phi) is 4.09. The Morgan fingerprint density at radius 2 is 1.93 bits per heavy atom. The number of hydrogen-bond donors (Lipinski definition) is 0. The maximum absolute atomic E-state index is 11.6. The molecule has 0 aliphatic carbocycles. The first-order valence-corrected chi connectivity index (χ1v) is 5.57. The highest BCUT2D eigenvalue weighted by Crippen LogP contribution is 2.26. The van der Waals surface area contributed by atoms with Gasteiger partial charge in [-0.1, -0.05) is 43.8 Å². The van der Waals surface area contributed by atoms with Crippen molar-refractivity contribution in [1.82, 2.24) is 0 Å². The van der Waals surface area contributed by atoms with Gasteiger partial charge < -0.3 is 4.79 Å². The largest absolute Gasteiger partial charge is 0.303 e.